The van der Waals surface area contributed by atoms with Gasteiger partial charge in [0.2, 0.25) is 5.82 Å². The van der Waals surface area contributed by atoms with Gasteiger partial charge in [-0.25, -0.2) is 19.6 Å². The lowest BCUT2D eigenvalue weighted by Gasteiger charge is -2.40. The van der Waals surface area contributed by atoms with Crippen LogP contribution >= 0.6 is 11.6 Å². The minimum Gasteiger partial charge on any atom is -0.370 e. The number of hydrogen-bond donors (Lipinski definition) is 0. The van der Waals surface area contributed by atoms with Gasteiger partial charge >= 0.3 is 5.92 Å². The van der Waals surface area contributed by atoms with Crippen molar-refractivity contribution in [1.82, 2.24) is 29.6 Å². The van der Waals surface area contributed by atoms with Crippen LogP contribution < -0.4 is 4.90 Å². The third-order valence-corrected chi connectivity index (χ3v) is 6.22. The number of ether oxygens (including phenoxy) is 1. The van der Waals surface area contributed by atoms with Crippen molar-refractivity contribution in [1.29, 1.82) is 0 Å². The summed E-state index contributed by atoms with van der Waals surface area (Å²) in [7, 11) is 2.09. The normalized spacial score (nSPS) is 22.4. The first-order chi connectivity index (χ1) is 15.1. The molecule has 0 saturated carbocycles. The molecule has 8 nitrogen and oxygen atoms in total. The highest BCUT2D eigenvalue weighted by Crippen LogP contribution is 2.35. The third kappa shape index (κ3) is 3.80. The van der Waals surface area contributed by atoms with E-state index in [0.717, 1.165) is 31.8 Å². The molecule has 2 saturated heterocycles. The Morgan fingerprint density at radius 3 is 2.72 bits per heavy atom. The fraction of sp³-hybridized carbons (Fsp3) is 0.524. The molecule has 170 valence electrons. The van der Waals surface area contributed by atoms with E-state index in [1.54, 1.807) is 29.9 Å². The van der Waals surface area contributed by atoms with E-state index in [9.17, 15) is 8.78 Å². The van der Waals surface area contributed by atoms with Gasteiger partial charge in [-0.2, -0.15) is 8.78 Å². The molecule has 1 spiro atoms. The number of pyridine rings is 1. The Morgan fingerprint density at radius 1 is 1.19 bits per heavy atom. The van der Waals surface area contributed by atoms with Gasteiger partial charge in [-0.3, -0.25) is 0 Å². The maximum atomic E-state index is 14.0. The highest BCUT2D eigenvalue weighted by Gasteiger charge is 2.42. The number of morpholine rings is 1. The Labute approximate surface area is 189 Å². The molecule has 32 heavy (non-hydrogen) atoms. The zero-order valence-corrected chi connectivity index (χ0v) is 18.9. The van der Waals surface area contributed by atoms with Crippen LogP contribution in [0.25, 0.3) is 16.7 Å². The maximum absolute atomic E-state index is 14.0. The Hall–Kier alpha value is -2.43. The first-order valence-corrected chi connectivity index (χ1v) is 10.9. The number of aromatic nitrogens is 5. The predicted molar refractivity (Wildman–Crippen MR) is 117 cm³/mol. The van der Waals surface area contributed by atoms with Gasteiger partial charge in [0.1, 0.15) is 5.15 Å². The minimum absolute atomic E-state index is 0.244. The Kier molecular flexibility index (Phi) is 5.06. The second-order valence-corrected chi connectivity index (χ2v) is 9.17. The van der Waals surface area contributed by atoms with Crippen LogP contribution in [-0.2, 0) is 10.7 Å². The van der Waals surface area contributed by atoms with Crippen LogP contribution in [0, 0.1) is 6.92 Å². The number of likely N-dealkylation sites (N-methyl/N-ethyl adjacent to an activating group) is 1. The summed E-state index contributed by atoms with van der Waals surface area (Å²) < 4.78 is 35.7. The highest BCUT2D eigenvalue weighted by molar-refractivity contribution is 6.30. The molecule has 0 aromatic carbocycles. The van der Waals surface area contributed by atoms with Crippen molar-refractivity contribution in [2.24, 2.45) is 0 Å². The molecule has 5 heterocycles. The lowest BCUT2D eigenvalue weighted by molar-refractivity contribution is -0.0459. The summed E-state index contributed by atoms with van der Waals surface area (Å²) in [6.07, 6.45) is 2.62. The lowest BCUT2D eigenvalue weighted by Crippen LogP contribution is -2.53. The van der Waals surface area contributed by atoms with E-state index in [4.69, 9.17) is 21.4 Å². The molecule has 0 radical (unpaired) electrons. The van der Waals surface area contributed by atoms with E-state index < -0.39 is 11.7 Å². The molecular weight excluding hydrogens is 440 g/mol. The van der Waals surface area contributed by atoms with E-state index in [0.29, 0.717) is 36.7 Å². The van der Waals surface area contributed by atoms with Crippen LogP contribution in [0.4, 0.5) is 14.6 Å². The monoisotopic (exact) mass is 463 g/mol. The number of halogens is 3. The quantitative estimate of drug-likeness (QED) is 0.552. The number of fused-ring (bicyclic) bond motifs is 1. The molecule has 0 aliphatic carbocycles. The zero-order chi connectivity index (χ0) is 22.7. The summed E-state index contributed by atoms with van der Waals surface area (Å²) in [4.78, 5) is 16.7. The fourth-order valence-corrected chi connectivity index (χ4v) is 4.70. The standard InChI is InChI=1S/C21H24ClF2N7O/c1-13-8-17(27-19(26-13)20(2,23)24)31-15-9-16(22)25-10-14(15)18(28-31)30-6-7-32-21(12-30)4-5-29(3)11-21/h8-10H,4-7,11-12H2,1-3H3. The molecule has 2 aliphatic rings. The van der Waals surface area contributed by atoms with Gasteiger partial charge in [0, 0.05) is 57.1 Å². The number of anilines is 1. The molecule has 5 rings (SSSR count). The number of aryl methyl sites for hydroxylation is 1. The average molecular weight is 464 g/mol. The van der Waals surface area contributed by atoms with Crippen molar-refractivity contribution in [2.45, 2.75) is 31.8 Å². The van der Waals surface area contributed by atoms with Crippen LogP contribution in [0.3, 0.4) is 0 Å². The smallest absolute Gasteiger partial charge is 0.303 e. The second-order valence-electron chi connectivity index (χ2n) is 8.78. The molecule has 3 aromatic heterocycles. The molecule has 2 aliphatic heterocycles. The molecule has 1 atom stereocenters. The number of alkyl halides is 2. The Bertz CT molecular complexity index is 1180. The molecular formula is C21H24ClF2N7O. The summed E-state index contributed by atoms with van der Waals surface area (Å²) in [6.45, 7) is 6.21. The van der Waals surface area contributed by atoms with E-state index in [-0.39, 0.29) is 16.6 Å². The van der Waals surface area contributed by atoms with Crippen LogP contribution in [0.2, 0.25) is 5.15 Å². The van der Waals surface area contributed by atoms with E-state index in [1.807, 2.05) is 0 Å². The highest BCUT2D eigenvalue weighted by atomic mass is 35.5. The molecule has 1 unspecified atom stereocenters. The van der Waals surface area contributed by atoms with Gasteiger partial charge in [0.15, 0.2) is 11.6 Å². The average Bonchev–Trinajstić information content (AvgIpc) is 3.27. The van der Waals surface area contributed by atoms with Gasteiger partial charge in [-0.05, 0) is 20.4 Å². The molecule has 3 aromatic rings. The topological polar surface area (TPSA) is 72.2 Å². The van der Waals surface area contributed by atoms with Crippen LogP contribution in [0.1, 0.15) is 24.9 Å². The third-order valence-electron chi connectivity index (χ3n) is 6.02. The van der Waals surface area contributed by atoms with E-state index in [2.05, 4.69) is 31.8 Å². The van der Waals surface area contributed by atoms with Crippen LogP contribution in [-0.4, -0.2) is 75.1 Å². The van der Waals surface area contributed by atoms with Crippen molar-refractivity contribution in [3.63, 3.8) is 0 Å². The Morgan fingerprint density at radius 2 is 2.00 bits per heavy atom. The van der Waals surface area contributed by atoms with Gasteiger partial charge in [0.25, 0.3) is 0 Å². The predicted octanol–water partition coefficient (Wildman–Crippen LogP) is 3.19. The van der Waals surface area contributed by atoms with Crippen molar-refractivity contribution in [3.05, 3.63) is 35.0 Å². The van der Waals surface area contributed by atoms with Gasteiger partial charge < -0.3 is 14.5 Å². The number of likely N-dealkylation sites (tertiary alicyclic amines) is 1. The van der Waals surface area contributed by atoms with Crippen molar-refractivity contribution in [2.75, 3.05) is 44.7 Å². The van der Waals surface area contributed by atoms with Crippen LogP contribution in [0.15, 0.2) is 18.3 Å². The van der Waals surface area contributed by atoms with E-state index in [1.165, 1.54) is 0 Å². The van der Waals surface area contributed by atoms with Crippen molar-refractivity contribution in [3.8, 4) is 5.82 Å². The molecule has 0 N–H and O–H groups in total. The summed E-state index contributed by atoms with van der Waals surface area (Å²) in [5.74, 6) is -2.74. The van der Waals surface area contributed by atoms with Crippen molar-refractivity contribution >= 4 is 28.3 Å². The van der Waals surface area contributed by atoms with Gasteiger partial charge in [0.05, 0.1) is 23.1 Å². The fourth-order valence-electron chi connectivity index (χ4n) is 4.55. The number of rotatable bonds is 3. The SMILES string of the molecule is Cc1cc(-n2nc(N3CCOC4(CCN(C)C4)C3)c3cnc(Cl)cc32)nc(C(C)(F)F)n1. The first-order valence-electron chi connectivity index (χ1n) is 10.5. The van der Waals surface area contributed by atoms with Crippen LogP contribution in [0.5, 0.6) is 0 Å². The zero-order valence-electron chi connectivity index (χ0n) is 18.1. The molecule has 2 fully saturated rings. The van der Waals surface area contributed by atoms with Crippen molar-refractivity contribution < 1.29 is 13.5 Å². The second kappa shape index (κ2) is 7.57. The summed E-state index contributed by atoms with van der Waals surface area (Å²) in [6, 6.07) is 3.31. The summed E-state index contributed by atoms with van der Waals surface area (Å²) in [5.41, 5.74) is 0.829. The molecule has 0 amide bonds. The number of hydrogen-bond acceptors (Lipinski definition) is 7. The van der Waals surface area contributed by atoms with E-state index >= 15 is 0 Å². The van der Waals surface area contributed by atoms with Gasteiger partial charge in [-0.1, -0.05) is 11.6 Å². The number of nitrogens with zero attached hydrogens (tertiary/aromatic N) is 7. The van der Waals surface area contributed by atoms with Gasteiger partial charge in [-0.15, -0.1) is 5.10 Å². The minimum atomic E-state index is -3.17. The molecule has 0 bridgehead atoms. The maximum Gasteiger partial charge on any atom is 0.303 e. The summed E-state index contributed by atoms with van der Waals surface area (Å²) >= 11 is 6.18. The summed E-state index contributed by atoms with van der Waals surface area (Å²) in [5, 5.41) is 5.86. The molecule has 11 heteroatoms. The first kappa shape index (κ1) is 21.4. The largest absolute Gasteiger partial charge is 0.370 e. The Balaban J connectivity index is 1.62. The lowest BCUT2D eigenvalue weighted by atomic mass is 10.0.